The van der Waals surface area contributed by atoms with Crippen LogP contribution in [0, 0.1) is 5.21 Å². The first kappa shape index (κ1) is 14.6. The highest BCUT2D eigenvalue weighted by Crippen LogP contribution is 2.22. The topological polar surface area (TPSA) is 80.0 Å². The summed E-state index contributed by atoms with van der Waals surface area (Å²) in [6, 6.07) is 15.2. The van der Waals surface area contributed by atoms with Gasteiger partial charge in [0.1, 0.15) is 5.52 Å². The van der Waals surface area contributed by atoms with Gasteiger partial charge < -0.3 is 20.7 Å². The molecule has 1 fully saturated rings. The molecule has 24 heavy (non-hydrogen) atoms. The van der Waals surface area contributed by atoms with Crippen LogP contribution >= 0.6 is 0 Å². The Hall–Kier alpha value is -2.93. The van der Waals surface area contributed by atoms with Crippen molar-refractivity contribution >= 4 is 28.4 Å². The average molecular weight is 322 g/mol. The normalized spacial score (nSPS) is 14.8. The summed E-state index contributed by atoms with van der Waals surface area (Å²) in [5.74, 6) is 0.293. The molecule has 0 bridgehead atoms. The lowest BCUT2D eigenvalue weighted by Crippen LogP contribution is -2.43. The van der Waals surface area contributed by atoms with Crippen LogP contribution in [0.5, 0.6) is 0 Å². The van der Waals surface area contributed by atoms with Gasteiger partial charge in [0.15, 0.2) is 0 Å². The van der Waals surface area contributed by atoms with Crippen LogP contribution in [0.25, 0.3) is 11.0 Å². The number of nitrogens with one attached hydrogen (secondary N) is 2. The highest BCUT2D eigenvalue weighted by atomic mass is 16.5. The Morgan fingerprint density at radius 3 is 2.79 bits per heavy atom. The lowest BCUT2D eigenvalue weighted by atomic mass is 10.2. The number of piperazine rings is 1. The molecule has 0 amide bonds. The fraction of sp³-hybridized carbons (Fsp3) is 0.235. The smallest absolute Gasteiger partial charge is 0.295 e. The quantitative estimate of drug-likeness (QED) is 0.561. The van der Waals surface area contributed by atoms with Crippen molar-refractivity contribution < 1.29 is 4.85 Å². The second-order valence-electron chi connectivity index (χ2n) is 5.71. The molecule has 0 atom stereocenters. The van der Waals surface area contributed by atoms with Gasteiger partial charge in [0.25, 0.3) is 11.5 Å². The second-order valence-corrected chi connectivity index (χ2v) is 5.71. The van der Waals surface area contributed by atoms with Gasteiger partial charge in [-0.15, -0.1) is 0 Å². The third kappa shape index (κ3) is 2.93. The van der Waals surface area contributed by atoms with Crippen LogP contribution < -0.4 is 20.4 Å². The van der Waals surface area contributed by atoms with Gasteiger partial charge in [-0.1, -0.05) is 18.2 Å². The summed E-state index contributed by atoms with van der Waals surface area (Å²) < 4.78 is 0. The zero-order chi connectivity index (χ0) is 16.4. The van der Waals surface area contributed by atoms with Crippen molar-refractivity contribution in [2.75, 3.05) is 36.4 Å². The summed E-state index contributed by atoms with van der Waals surface area (Å²) in [6.07, 6.45) is 0. The second kappa shape index (κ2) is 6.29. The zero-order valence-electron chi connectivity index (χ0n) is 13.1. The number of nitrogens with zero attached hydrogens (tertiary/aromatic N) is 4. The number of aromatic nitrogens is 3. The van der Waals surface area contributed by atoms with E-state index in [0.29, 0.717) is 21.8 Å². The van der Waals surface area contributed by atoms with E-state index in [1.165, 1.54) is 0 Å². The fourth-order valence-corrected chi connectivity index (χ4v) is 2.88. The van der Waals surface area contributed by atoms with Crippen LogP contribution in [-0.4, -0.2) is 36.3 Å². The number of anilines is 3. The summed E-state index contributed by atoms with van der Waals surface area (Å²) in [4.78, 5) is 7.34. The Labute approximate surface area is 139 Å². The predicted octanol–water partition coefficient (Wildman–Crippen LogP) is 1.42. The van der Waals surface area contributed by atoms with E-state index in [1.54, 1.807) is 18.2 Å². The summed E-state index contributed by atoms with van der Waals surface area (Å²) in [5.41, 5.74) is 3.08. The van der Waals surface area contributed by atoms with Gasteiger partial charge in [-0.05, 0) is 29.1 Å². The van der Waals surface area contributed by atoms with Crippen molar-refractivity contribution in [3.05, 3.63) is 53.7 Å². The molecule has 1 aliphatic rings. The Kier molecular flexibility index (Phi) is 3.84. The van der Waals surface area contributed by atoms with E-state index in [1.807, 2.05) is 18.2 Å². The molecule has 2 heterocycles. The van der Waals surface area contributed by atoms with E-state index >= 15 is 0 Å². The highest BCUT2D eigenvalue weighted by Gasteiger charge is 2.13. The lowest BCUT2D eigenvalue weighted by molar-refractivity contribution is -0.641. The van der Waals surface area contributed by atoms with Gasteiger partial charge in [0, 0.05) is 43.6 Å². The number of hydrogen-bond donors (Lipinski definition) is 2. The highest BCUT2D eigenvalue weighted by molar-refractivity contribution is 5.72. The van der Waals surface area contributed by atoms with Gasteiger partial charge in [-0.25, -0.2) is 4.98 Å². The predicted molar refractivity (Wildman–Crippen MR) is 93.3 cm³/mol. The van der Waals surface area contributed by atoms with E-state index in [9.17, 15) is 5.21 Å². The lowest BCUT2D eigenvalue weighted by Gasteiger charge is -2.29. The minimum Gasteiger partial charge on any atom is -0.594 e. The SMILES string of the molecule is [O-][n+]1nc(Nc2cccc(N3CCNCC3)c2)nc2ccccc21. The van der Waals surface area contributed by atoms with Crippen LogP contribution in [0.2, 0.25) is 0 Å². The minimum absolute atomic E-state index is 0.293. The Morgan fingerprint density at radius 2 is 1.92 bits per heavy atom. The molecule has 4 rings (SSSR count). The van der Waals surface area contributed by atoms with Gasteiger partial charge >= 0.3 is 0 Å². The molecule has 0 saturated carbocycles. The van der Waals surface area contributed by atoms with Crippen molar-refractivity contribution in [2.45, 2.75) is 0 Å². The van der Waals surface area contributed by atoms with Crippen molar-refractivity contribution in [3.63, 3.8) is 0 Å². The van der Waals surface area contributed by atoms with E-state index in [4.69, 9.17) is 0 Å². The van der Waals surface area contributed by atoms with Crippen molar-refractivity contribution in [2.24, 2.45) is 0 Å². The number of benzene rings is 2. The molecule has 0 aliphatic carbocycles. The average Bonchev–Trinajstić information content (AvgIpc) is 2.63. The molecule has 122 valence electrons. The van der Waals surface area contributed by atoms with E-state index in [-0.39, 0.29) is 0 Å². The molecule has 0 spiro atoms. The number of rotatable bonds is 3. The van der Waals surface area contributed by atoms with Crippen LogP contribution in [0.3, 0.4) is 0 Å². The molecule has 0 radical (unpaired) electrons. The maximum atomic E-state index is 12.0. The third-order valence-electron chi connectivity index (χ3n) is 4.08. The molecule has 1 aromatic heterocycles. The van der Waals surface area contributed by atoms with Crippen LogP contribution in [0.15, 0.2) is 48.5 Å². The minimum atomic E-state index is 0.293. The first-order chi connectivity index (χ1) is 11.8. The number of fused-ring (bicyclic) bond motifs is 1. The zero-order valence-corrected chi connectivity index (χ0v) is 13.1. The molecule has 1 aliphatic heterocycles. The number of para-hydroxylation sites is 2. The summed E-state index contributed by atoms with van der Waals surface area (Å²) in [7, 11) is 0. The first-order valence-electron chi connectivity index (χ1n) is 7.99. The summed E-state index contributed by atoms with van der Waals surface area (Å²) >= 11 is 0. The molecule has 1 saturated heterocycles. The van der Waals surface area contributed by atoms with Crippen LogP contribution in [0.1, 0.15) is 0 Å². The maximum Gasteiger partial charge on any atom is 0.295 e. The van der Waals surface area contributed by atoms with Gasteiger partial charge in [-0.3, -0.25) is 0 Å². The first-order valence-corrected chi connectivity index (χ1v) is 7.99. The Bertz CT molecular complexity index is 863. The molecule has 7 heteroatoms. The maximum absolute atomic E-state index is 12.0. The van der Waals surface area contributed by atoms with Crippen molar-refractivity contribution in [1.82, 2.24) is 15.4 Å². The van der Waals surface area contributed by atoms with E-state index in [2.05, 4.69) is 37.7 Å². The fourth-order valence-electron chi connectivity index (χ4n) is 2.88. The molecule has 3 aromatic rings. The molecule has 0 unspecified atom stereocenters. The van der Waals surface area contributed by atoms with Crippen LogP contribution in [0.4, 0.5) is 17.3 Å². The standard InChI is InChI=1S/C17H18N6O/c24-23-16-7-2-1-6-15(16)20-17(21-23)19-13-4-3-5-14(12-13)22-10-8-18-9-11-22/h1-7,12,18H,8-11H2,(H,19,20,21). The largest absolute Gasteiger partial charge is 0.594 e. The van der Waals surface area contributed by atoms with Crippen LogP contribution in [-0.2, 0) is 0 Å². The molecule has 2 aromatic carbocycles. The van der Waals surface area contributed by atoms with E-state index < -0.39 is 0 Å². The van der Waals surface area contributed by atoms with Gasteiger partial charge in [0.2, 0.25) is 0 Å². The number of hydrogen-bond acceptors (Lipinski definition) is 6. The molecule has 2 N–H and O–H groups in total. The van der Waals surface area contributed by atoms with Crippen molar-refractivity contribution in [1.29, 1.82) is 0 Å². The summed E-state index contributed by atoms with van der Waals surface area (Å²) in [5, 5.41) is 22.4. The Morgan fingerprint density at radius 1 is 1.08 bits per heavy atom. The van der Waals surface area contributed by atoms with Gasteiger partial charge in [0.05, 0.1) is 5.10 Å². The molecular formula is C17H18N6O. The van der Waals surface area contributed by atoms with E-state index in [0.717, 1.165) is 37.6 Å². The Balaban J connectivity index is 1.61. The molecule has 7 nitrogen and oxygen atoms in total. The van der Waals surface area contributed by atoms with Crippen molar-refractivity contribution in [3.8, 4) is 0 Å². The monoisotopic (exact) mass is 322 g/mol. The van der Waals surface area contributed by atoms with Gasteiger partial charge in [-0.2, -0.15) is 0 Å². The third-order valence-corrected chi connectivity index (χ3v) is 4.08. The molecular weight excluding hydrogens is 304 g/mol. The summed E-state index contributed by atoms with van der Waals surface area (Å²) in [6.45, 7) is 3.94.